The van der Waals surface area contributed by atoms with Crippen LogP contribution in [0.5, 0.6) is 0 Å². The van der Waals surface area contributed by atoms with Crippen LogP contribution in [-0.4, -0.2) is 62.8 Å². The number of primary amides is 1. The van der Waals surface area contributed by atoms with Gasteiger partial charge in [-0.3, -0.25) is 14.7 Å². The third-order valence-corrected chi connectivity index (χ3v) is 8.07. The number of amides is 1. The Balaban J connectivity index is 1.32. The molecule has 3 N–H and O–H groups in total. The second-order valence-corrected chi connectivity index (χ2v) is 10.2. The number of anilines is 1. The molecule has 5 rings (SSSR count). The molecule has 8 nitrogen and oxygen atoms in total. The Kier molecular flexibility index (Phi) is 6.14. The highest BCUT2D eigenvalue weighted by Crippen LogP contribution is 2.42. The molecule has 3 heterocycles. The van der Waals surface area contributed by atoms with E-state index in [0.717, 1.165) is 29.9 Å². The van der Waals surface area contributed by atoms with Crippen molar-refractivity contribution >= 4 is 33.8 Å². The van der Waals surface area contributed by atoms with Crippen LogP contribution in [0.15, 0.2) is 36.1 Å². The number of fused-ring (bicyclic) bond motifs is 1. The molecular weight excluding hydrogens is 481 g/mol. The number of hydrogen-bond acceptors (Lipinski definition) is 8. The monoisotopic (exact) mass is 506 g/mol. The van der Waals surface area contributed by atoms with Gasteiger partial charge in [-0.05, 0) is 43.9 Å². The van der Waals surface area contributed by atoms with E-state index in [-0.39, 0.29) is 18.0 Å². The molecule has 35 heavy (non-hydrogen) atoms. The van der Waals surface area contributed by atoms with Crippen molar-refractivity contribution in [2.45, 2.75) is 49.5 Å². The highest BCUT2D eigenvalue weighted by Gasteiger charge is 2.42. The predicted molar refractivity (Wildman–Crippen MR) is 125 cm³/mol. The Morgan fingerprint density at radius 1 is 1.26 bits per heavy atom. The molecule has 1 amide bonds. The first kappa shape index (κ1) is 23.9. The summed E-state index contributed by atoms with van der Waals surface area (Å²) in [6.45, 7) is 1.14. The van der Waals surface area contributed by atoms with E-state index in [1.807, 2.05) is 0 Å². The molecule has 2 aromatic heterocycles. The highest BCUT2D eigenvalue weighted by molar-refractivity contribution is 7.09. The summed E-state index contributed by atoms with van der Waals surface area (Å²) in [7, 11) is 0. The van der Waals surface area contributed by atoms with E-state index >= 15 is 0 Å². The van der Waals surface area contributed by atoms with Gasteiger partial charge in [0.25, 0.3) is 0 Å². The van der Waals surface area contributed by atoms with Crippen molar-refractivity contribution < 1.29 is 23.1 Å². The maximum absolute atomic E-state index is 13.3. The molecular formula is C23H25F3N6O2S. The zero-order chi connectivity index (χ0) is 24.8. The first-order chi connectivity index (χ1) is 16.6. The number of hydrogen-bond donors (Lipinski definition) is 2. The Bertz CT molecular complexity index is 1210. The minimum Gasteiger partial charge on any atom is -0.384 e. The van der Waals surface area contributed by atoms with Crippen LogP contribution in [0.2, 0.25) is 0 Å². The minimum absolute atomic E-state index is 0.105. The normalized spacial score (nSPS) is 23.8. The Morgan fingerprint density at radius 2 is 2.00 bits per heavy atom. The third kappa shape index (κ3) is 4.69. The Labute approximate surface area is 203 Å². The van der Waals surface area contributed by atoms with Crippen LogP contribution in [0.3, 0.4) is 0 Å². The van der Waals surface area contributed by atoms with E-state index in [2.05, 4.69) is 20.1 Å². The summed E-state index contributed by atoms with van der Waals surface area (Å²) in [4.78, 5) is 20.9. The third-order valence-electron chi connectivity index (χ3n) is 7.10. The smallest absolute Gasteiger partial charge is 0.384 e. The van der Waals surface area contributed by atoms with Crippen LogP contribution in [0.25, 0.3) is 10.9 Å². The molecule has 12 heteroatoms. The van der Waals surface area contributed by atoms with Gasteiger partial charge in [0, 0.05) is 30.7 Å². The summed E-state index contributed by atoms with van der Waals surface area (Å²) < 4.78 is 40.0. The topological polar surface area (TPSA) is 108 Å². The van der Waals surface area contributed by atoms with Gasteiger partial charge in [-0.25, -0.2) is 0 Å². The minimum atomic E-state index is -4.50. The van der Waals surface area contributed by atoms with Gasteiger partial charge in [-0.1, -0.05) is 0 Å². The van der Waals surface area contributed by atoms with Gasteiger partial charge >= 0.3 is 6.18 Å². The van der Waals surface area contributed by atoms with Crippen molar-refractivity contribution in [3.63, 3.8) is 0 Å². The summed E-state index contributed by atoms with van der Waals surface area (Å²) in [6, 6.07) is 3.49. The Hall–Kier alpha value is -2.83. The van der Waals surface area contributed by atoms with Crippen molar-refractivity contribution in [3.05, 3.63) is 46.5 Å². The van der Waals surface area contributed by atoms with Gasteiger partial charge in [0.1, 0.15) is 5.60 Å². The summed E-state index contributed by atoms with van der Waals surface area (Å²) in [5, 5.41) is 19.2. The molecule has 3 aromatic rings. The number of benzene rings is 1. The zero-order valence-electron chi connectivity index (χ0n) is 18.8. The molecule has 2 fully saturated rings. The first-order valence-corrected chi connectivity index (χ1v) is 12.2. The number of aromatic nitrogens is 3. The van der Waals surface area contributed by atoms with Crippen LogP contribution in [-0.2, 0) is 16.6 Å². The number of carbonyl (C=O) groups is 1. The Morgan fingerprint density at radius 3 is 2.63 bits per heavy atom. The number of thiazole rings is 1. The van der Waals surface area contributed by atoms with E-state index < -0.39 is 23.2 Å². The van der Waals surface area contributed by atoms with Crippen LogP contribution >= 0.6 is 11.3 Å². The van der Waals surface area contributed by atoms with Crippen molar-refractivity contribution in [2.24, 2.45) is 5.73 Å². The average molecular weight is 507 g/mol. The second kappa shape index (κ2) is 8.99. The lowest BCUT2D eigenvalue weighted by atomic mass is 9.80. The fourth-order valence-electron chi connectivity index (χ4n) is 5.15. The average Bonchev–Trinajstić information content (AvgIpc) is 3.33. The van der Waals surface area contributed by atoms with Gasteiger partial charge in [0.05, 0.1) is 45.9 Å². The molecule has 0 atom stereocenters. The number of nitrogens with zero attached hydrogens (tertiary/aromatic N) is 5. The van der Waals surface area contributed by atoms with E-state index in [4.69, 9.17) is 5.73 Å². The zero-order valence-corrected chi connectivity index (χ0v) is 19.6. The van der Waals surface area contributed by atoms with Gasteiger partial charge < -0.3 is 15.7 Å². The predicted octanol–water partition coefficient (Wildman–Crippen LogP) is 2.91. The molecule has 1 aromatic carbocycles. The number of alkyl halides is 3. The second-order valence-electron chi connectivity index (χ2n) is 9.29. The number of carbonyl (C=O) groups excluding carboxylic acids is 1. The van der Waals surface area contributed by atoms with Crippen molar-refractivity contribution in [3.8, 4) is 0 Å². The van der Waals surface area contributed by atoms with Gasteiger partial charge in [-0.15, -0.1) is 11.3 Å². The maximum Gasteiger partial charge on any atom is 0.416 e. The van der Waals surface area contributed by atoms with Crippen LogP contribution in [0.1, 0.15) is 36.1 Å². The summed E-state index contributed by atoms with van der Waals surface area (Å²) in [5.74, 6) is -0.576. The van der Waals surface area contributed by atoms with E-state index in [0.29, 0.717) is 43.2 Å². The van der Waals surface area contributed by atoms with Crippen molar-refractivity contribution in [1.29, 1.82) is 0 Å². The first-order valence-electron chi connectivity index (χ1n) is 11.4. The molecule has 0 bridgehead atoms. The van der Waals surface area contributed by atoms with Crippen LogP contribution in [0.4, 0.5) is 18.9 Å². The lowest BCUT2D eigenvalue weighted by Gasteiger charge is -2.51. The fourth-order valence-corrected chi connectivity index (χ4v) is 5.93. The quantitative estimate of drug-likeness (QED) is 0.529. The van der Waals surface area contributed by atoms with Crippen molar-refractivity contribution in [2.75, 3.05) is 24.5 Å². The molecule has 2 aliphatic rings. The van der Waals surface area contributed by atoms with Crippen LogP contribution < -0.4 is 10.6 Å². The van der Waals surface area contributed by atoms with Crippen LogP contribution in [0, 0.1) is 0 Å². The number of likely N-dealkylation sites (tertiary alicyclic amines) is 1. The molecule has 1 aliphatic carbocycles. The largest absolute Gasteiger partial charge is 0.416 e. The maximum atomic E-state index is 13.3. The van der Waals surface area contributed by atoms with E-state index in [1.54, 1.807) is 16.6 Å². The van der Waals surface area contributed by atoms with Crippen molar-refractivity contribution in [1.82, 2.24) is 20.1 Å². The molecule has 0 unspecified atom stereocenters. The van der Waals surface area contributed by atoms with Gasteiger partial charge in [-0.2, -0.15) is 23.4 Å². The summed E-state index contributed by atoms with van der Waals surface area (Å²) in [6.07, 6.45) is 1.56. The summed E-state index contributed by atoms with van der Waals surface area (Å²) >= 11 is 1.46. The van der Waals surface area contributed by atoms with Gasteiger partial charge in [0.2, 0.25) is 5.91 Å². The van der Waals surface area contributed by atoms with E-state index in [9.17, 15) is 23.1 Å². The summed E-state index contributed by atoms with van der Waals surface area (Å²) in [5.41, 5.74) is 6.33. The lowest BCUT2D eigenvalue weighted by molar-refractivity contribution is -0.137. The number of aliphatic hydroxyl groups is 1. The molecule has 186 valence electrons. The molecule has 1 saturated heterocycles. The van der Waals surface area contributed by atoms with E-state index in [1.165, 1.54) is 23.6 Å². The molecule has 0 spiro atoms. The molecule has 0 radical (unpaired) electrons. The fraction of sp³-hybridized carbons (Fsp3) is 0.478. The number of rotatable bonds is 6. The molecule has 1 saturated carbocycles. The van der Waals surface area contributed by atoms with Gasteiger partial charge in [0.15, 0.2) is 0 Å². The standard InChI is InChI=1S/C23H25F3N6O2S/c24-23(25,26)14-1-2-18-17(7-14)19(8-29-30-18)32(12-21(27)33)16-10-31(11-16)15-3-5-22(34,6-4-15)20-9-28-13-35-20/h1-2,7-9,13,15-16,34H,3-6,10-12H2,(H2,27,33). The number of halogens is 3. The highest BCUT2D eigenvalue weighted by atomic mass is 32.1. The lowest BCUT2D eigenvalue weighted by Crippen LogP contribution is -2.64. The SMILES string of the molecule is NC(=O)CN(c1cnnc2ccc(C(F)(F)F)cc12)C1CN(C2CCC(O)(c3cncs3)CC2)C1. The molecule has 1 aliphatic heterocycles. The number of nitrogens with two attached hydrogens (primary N) is 1.